The number of carbonyl (C=O) groups is 2. The molecule has 10 aromatic carbocycles. The highest BCUT2D eigenvalue weighted by molar-refractivity contribution is 5.85. The largest absolute Gasteiger partial charge is 0.494 e. The first kappa shape index (κ1) is 60.4. The van der Waals surface area contributed by atoms with Crippen molar-refractivity contribution in [1.29, 1.82) is 0 Å². The Labute approximate surface area is 513 Å². The van der Waals surface area contributed by atoms with E-state index in [9.17, 15) is 9.59 Å². The Bertz CT molecular complexity index is 3180. The fraction of sp³-hybridized carbons (Fsp3) is 0.205. The van der Waals surface area contributed by atoms with Crippen molar-refractivity contribution in [2.45, 2.75) is 75.3 Å². The van der Waals surface area contributed by atoms with Crippen molar-refractivity contribution in [3.8, 4) is 11.5 Å². The quantitative estimate of drug-likeness (QED) is 0.0304. The highest BCUT2D eigenvalue weighted by Gasteiger charge is 2.39. The molecule has 0 aliphatic carbocycles. The summed E-state index contributed by atoms with van der Waals surface area (Å²) in [5.41, 5.74) is 11.8. The van der Waals surface area contributed by atoms with Crippen molar-refractivity contribution in [3.05, 3.63) is 335 Å². The van der Waals surface area contributed by atoms with Gasteiger partial charge in [-0.3, -0.25) is 10.6 Å². The molecule has 0 saturated carbocycles. The first-order valence-electron chi connectivity index (χ1n) is 30.5. The highest BCUT2D eigenvalue weighted by Crippen LogP contribution is 2.47. The lowest BCUT2D eigenvalue weighted by atomic mass is 9.65. The third-order valence-electron chi connectivity index (χ3n) is 16.0. The van der Waals surface area contributed by atoms with E-state index in [4.69, 9.17) is 18.9 Å². The van der Waals surface area contributed by atoms with Crippen LogP contribution in [0.15, 0.2) is 279 Å². The Morgan fingerprint density at radius 3 is 0.805 bits per heavy atom. The molecule has 3 N–H and O–H groups in total. The molecular formula is C78H77N3O6. The third-order valence-corrected chi connectivity index (χ3v) is 16.0. The lowest BCUT2D eigenvalue weighted by Crippen LogP contribution is -2.31. The molecule has 0 bridgehead atoms. The summed E-state index contributed by atoms with van der Waals surface area (Å²) in [6.07, 6.45) is 6.35. The molecule has 0 fully saturated rings. The number of carbonyl (C=O) groups excluding carboxylic acids is 2. The molecule has 0 heterocycles. The summed E-state index contributed by atoms with van der Waals surface area (Å²) >= 11 is 0. The van der Waals surface area contributed by atoms with Gasteiger partial charge in [0, 0.05) is 24.5 Å². The maximum absolute atomic E-state index is 12.8. The summed E-state index contributed by atoms with van der Waals surface area (Å²) in [7, 11) is 0. The zero-order valence-electron chi connectivity index (χ0n) is 49.4. The Morgan fingerprint density at radius 1 is 0.276 bits per heavy atom. The number of hydrogen-bond donors (Lipinski definition) is 3. The second kappa shape index (κ2) is 31.4. The number of unbranched alkanes of at least 4 members (excludes halogenated alkanes) is 6. The number of anilines is 2. The van der Waals surface area contributed by atoms with Gasteiger partial charge in [-0.2, -0.15) is 0 Å². The van der Waals surface area contributed by atoms with Gasteiger partial charge in [0.2, 0.25) is 0 Å². The molecule has 9 nitrogen and oxygen atoms in total. The highest BCUT2D eigenvalue weighted by atomic mass is 16.6. The number of nitrogens with one attached hydrogen (secondary N) is 3. The second-order valence-corrected chi connectivity index (χ2v) is 21.8. The Balaban J connectivity index is 0.556. The van der Waals surface area contributed by atoms with E-state index in [0.717, 1.165) is 120 Å². The Hall–Kier alpha value is -9.70. The fourth-order valence-corrected chi connectivity index (χ4v) is 11.6. The van der Waals surface area contributed by atoms with E-state index in [1.165, 1.54) is 11.1 Å². The van der Waals surface area contributed by atoms with Crippen LogP contribution >= 0.6 is 0 Å². The SMILES string of the molecule is O=C(Nc1ccc(C(c2ccccc2)(c2ccccc2)c2ccccc2)cc1)OCCCCCCOc1ccc(CNCc2ccc(OCCCCCCOC(=O)Nc3ccc(C(c4ccccc4)(c4ccccc4)c4ccccc4)cc3)cc2)cc1. The van der Waals surface area contributed by atoms with Crippen LogP contribution in [-0.4, -0.2) is 38.6 Å². The lowest BCUT2D eigenvalue weighted by molar-refractivity contribution is 0.158. The lowest BCUT2D eigenvalue weighted by Gasteiger charge is -2.37. The van der Waals surface area contributed by atoms with Crippen LogP contribution in [-0.2, 0) is 33.4 Å². The van der Waals surface area contributed by atoms with Gasteiger partial charge in [-0.05, 0) is 156 Å². The standard InChI is InChI=1S/C78H77N3O6/c82-75(80-71-47-43-69(44-48-71)77(63-27-11-5-12-28-63,64-29-13-6-14-30-64)65-31-15-7-16-32-65)86-57-25-3-1-23-55-84-73-51-39-61(40-52-73)59-79-60-62-41-53-74(54-42-62)85-56-24-2-4-26-58-87-76(83)81-72-49-45-70(46-50-72)78(66-33-17-8-18-34-66,67-35-19-9-20-36-67)68-37-21-10-22-38-68/h5-22,27-54,79H,1-4,23-26,55-60H2,(H,80,82)(H,81,83). The molecule has 10 rings (SSSR count). The zero-order chi connectivity index (χ0) is 59.6. The van der Waals surface area contributed by atoms with Crippen LogP contribution in [0, 0.1) is 0 Å². The van der Waals surface area contributed by atoms with Gasteiger partial charge >= 0.3 is 12.2 Å². The molecule has 0 unspecified atom stereocenters. The van der Waals surface area contributed by atoms with E-state index in [0.29, 0.717) is 37.8 Å². The monoisotopic (exact) mass is 1150 g/mol. The number of rotatable bonds is 30. The molecule has 0 aromatic heterocycles. The summed E-state index contributed by atoms with van der Waals surface area (Å²) in [5, 5.41) is 9.38. The van der Waals surface area contributed by atoms with Gasteiger partial charge < -0.3 is 24.3 Å². The summed E-state index contributed by atoms with van der Waals surface area (Å²) in [4.78, 5) is 25.6. The van der Waals surface area contributed by atoms with Gasteiger partial charge in [0.15, 0.2) is 0 Å². The molecular weight excluding hydrogens is 1070 g/mol. The van der Waals surface area contributed by atoms with Crippen LogP contribution in [0.2, 0.25) is 0 Å². The summed E-state index contributed by atoms with van der Waals surface area (Å²) in [5.74, 6) is 1.71. The molecule has 9 heteroatoms. The van der Waals surface area contributed by atoms with Crippen LogP contribution in [0.1, 0.15) is 107 Å². The number of hydrogen-bond acceptors (Lipinski definition) is 7. The smallest absolute Gasteiger partial charge is 0.411 e. The molecule has 0 aliphatic heterocycles. The average molecular weight is 1150 g/mol. The van der Waals surface area contributed by atoms with Gasteiger partial charge in [0.1, 0.15) is 11.5 Å². The topological polar surface area (TPSA) is 107 Å². The molecule has 0 radical (unpaired) electrons. The molecule has 0 spiro atoms. The predicted molar refractivity (Wildman–Crippen MR) is 351 cm³/mol. The summed E-state index contributed by atoms with van der Waals surface area (Å²) < 4.78 is 23.2. The Kier molecular flexibility index (Phi) is 21.8. The van der Waals surface area contributed by atoms with Gasteiger partial charge in [-0.1, -0.05) is 231 Å². The summed E-state index contributed by atoms with van der Waals surface area (Å²) in [6.45, 7) is 3.46. The van der Waals surface area contributed by atoms with Crippen LogP contribution in [0.3, 0.4) is 0 Å². The maximum atomic E-state index is 12.8. The maximum Gasteiger partial charge on any atom is 0.411 e. The van der Waals surface area contributed by atoms with Crippen molar-refractivity contribution < 1.29 is 28.5 Å². The fourth-order valence-electron chi connectivity index (χ4n) is 11.6. The van der Waals surface area contributed by atoms with Gasteiger partial charge in [0.25, 0.3) is 0 Å². The van der Waals surface area contributed by atoms with Gasteiger partial charge in [-0.25, -0.2) is 9.59 Å². The van der Waals surface area contributed by atoms with Crippen LogP contribution in [0.5, 0.6) is 11.5 Å². The number of amides is 2. The third kappa shape index (κ3) is 16.0. The van der Waals surface area contributed by atoms with E-state index in [2.05, 4.69) is 210 Å². The van der Waals surface area contributed by atoms with Gasteiger partial charge in [-0.15, -0.1) is 0 Å². The second-order valence-electron chi connectivity index (χ2n) is 21.8. The predicted octanol–water partition coefficient (Wildman–Crippen LogP) is 18.1. The van der Waals surface area contributed by atoms with Crippen molar-refractivity contribution in [3.63, 3.8) is 0 Å². The minimum absolute atomic E-state index is 0.354. The number of benzene rings is 10. The molecule has 2 amide bonds. The minimum atomic E-state index is -0.550. The first-order valence-corrected chi connectivity index (χ1v) is 30.5. The Morgan fingerprint density at radius 2 is 0.529 bits per heavy atom. The van der Waals surface area contributed by atoms with Crippen molar-refractivity contribution in [2.24, 2.45) is 0 Å². The van der Waals surface area contributed by atoms with E-state index in [1.807, 2.05) is 84.9 Å². The van der Waals surface area contributed by atoms with Crippen molar-refractivity contribution in [1.82, 2.24) is 5.32 Å². The van der Waals surface area contributed by atoms with Crippen LogP contribution in [0.4, 0.5) is 21.0 Å². The molecule has 87 heavy (non-hydrogen) atoms. The van der Waals surface area contributed by atoms with E-state index in [1.54, 1.807) is 0 Å². The van der Waals surface area contributed by atoms with E-state index in [-0.39, 0.29) is 0 Å². The van der Waals surface area contributed by atoms with Crippen LogP contribution < -0.4 is 25.4 Å². The first-order chi connectivity index (χ1) is 43.0. The molecule has 0 aliphatic rings. The zero-order valence-corrected chi connectivity index (χ0v) is 49.4. The molecule has 0 atom stereocenters. The van der Waals surface area contributed by atoms with Crippen LogP contribution in [0.25, 0.3) is 0 Å². The molecule has 10 aromatic rings. The van der Waals surface area contributed by atoms with Gasteiger partial charge in [0.05, 0.1) is 37.3 Å². The number of ether oxygens (including phenoxy) is 4. The average Bonchev–Trinajstić information content (AvgIpc) is 1.74. The normalized spacial score (nSPS) is 11.3. The molecule has 440 valence electrons. The van der Waals surface area contributed by atoms with E-state index < -0.39 is 23.0 Å². The van der Waals surface area contributed by atoms with Crippen molar-refractivity contribution in [2.75, 3.05) is 37.1 Å². The van der Waals surface area contributed by atoms with E-state index >= 15 is 0 Å². The van der Waals surface area contributed by atoms with Crippen molar-refractivity contribution >= 4 is 23.6 Å². The summed E-state index contributed by atoms with van der Waals surface area (Å²) in [6, 6.07) is 96.2. The minimum Gasteiger partial charge on any atom is -0.494 e. The molecule has 0 saturated heterocycles.